The highest BCUT2D eigenvalue weighted by Crippen LogP contribution is 2.33. The van der Waals surface area contributed by atoms with Gasteiger partial charge in [-0.25, -0.2) is 4.98 Å². The zero-order valence-electron chi connectivity index (χ0n) is 14.7. The van der Waals surface area contributed by atoms with Crippen molar-refractivity contribution in [2.75, 3.05) is 19.0 Å². The van der Waals surface area contributed by atoms with E-state index < -0.39 is 17.7 Å². The Hall–Kier alpha value is -3.01. The molecule has 1 aliphatic heterocycles. The van der Waals surface area contributed by atoms with Crippen molar-refractivity contribution in [3.8, 4) is 5.88 Å². The van der Waals surface area contributed by atoms with Crippen LogP contribution in [-0.4, -0.2) is 46.2 Å². The first-order valence-corrected chi connectivity index (χ1v) is 9.23. The summed E-state index contributed by atoms with van der Waals surface area (Å²) in [6, 6.07) is 1.18. The molecule has 9 nitrogen and oxygen atoms in total. The van der Waals surface area contributed by atoms with Crippen LogP contribution in [0.25, 0.3) is 0 Å². The first-order valence-electron chi connectivity index (χ1n) is 8.35. The molecule has 0 aliphatic carbocycles. The number of carbonyl (C=O) groups excluding carboxylic acids is 3. The predicted octanol–water partition coefficient (Wildman–Crippen LogP) is 1.34. The van der Waals surface area contributed by atoms with Crippen molar-refractivity contribution in [3.63, 3.8) is 0 Å². The lowest BCUT2D eigenvalue weighted by atomic mass is 10.0. The summed E-state index contributed by atoms with van der Waals surface area (Å²) in [7, 11) is 1.35. The van der Waals surface area contributed by atoms with Crippen molar-refractivity contribution >= 4 is 34.7 Å². The summed E-state index contributed by atoms with van der Waals surface area (Å²) in [5.41, 5.74) is 7.20. The second kappa shape index (κ2) is 8.12. The Balaban J connectivity index is 1.76. The van der Waals surface area contributed by atoms with E-state index in [4.69, 9.17) is 10.5 Å². The maximum absolute atomic E-state index is 12.7. The van der Waals surface area contributed by atoms with E-state index in [1.54, 1.807) is 16.6 Å². The molecule has 0 unspecified atom stereocenters. The van der Waals surface area contributed by atoms with Gasteiger partial charge in [-0.1, -0.05) is 0 Å². The fourth-order valence-electron chi connectivity index (χ4n) is 3.04. The van der Waals surface area contributed by atoms with Crippen LogP contribution in [0.2, 0.25) is 0 Å². The lowest BCUT2D eigenvalue weighted by Gasteiger charge is -2.34. The van der Waals surface area contributed by atoms with Gasteiger partial charge in [-0.05, 0) is 25.3 Å². The fraction of sp³-hybridized carbons (Fsp3) is 0.353. The van der Waals surface area contributed by atoms with Crippen molar-refractivity contribution in [2.24, 2.45) is 5.73 Å². The first kappa shape index (κ1) is 18.8. The number of nitrogens with one attached hydrogen (secondary N) is 1. The molecule has 1 atom stereocenters. The van der Waals surface area contributed by atoms with Gasteiger partial charge in [-0.15, -0.1) is 11.3 Å². The number of primary amides is 1. The van der Waals surface area contributed by atoms with E-state index in [2.05, 4.69) is 15.3 Å². The monoisotopic (exact) mass is 389 g/mol. The quantitative estimate of drug-likeness (QED) is 0.760. The number of hydrogen-bond acceptors (Lipinski definition) is 7. The number of methoxy groups -OCH3 is 1. The topological polar surface area (TPSA) is 128 Å². The van der Waals surface area contributed by atoms with Crippen LogP contribution in [-0.2, 0) is 9.59 Å². The third-order valence-electron chi connectivity index (χ3n) is 4.31. The van der Waals surface area contributed by atoms with Gasteiger partial charge in [0.25, 0.3) is 5.91 Å². The molecule has 1 fully saturated rings. The summed E-state index contributed by atoms with van der Waals surface area (Å²) < 4.78 is 4.96. The van der Waals surface area contributed by atoms with Gasteiger partial charge in [0.15, 0.2) is 0 Å². The zero-order valence-corrected chi connectivity index (χ0v) is 15.5. The lowest BCUT2D eigenvalue weighted by Crippen LogP contribution is -2.44. The van der Waals surface area contributed by atoms with Crippen LogP contribution in [0.4, 0.5) is 5.69 Å². The predicted molar refractivity (Wildman–Crippen MR) is 98.4 cm³/mol. The molecule has 2 aromatic heterocycles. The van der Waals surface area contributed by atoms with Gasteiger partial charge >= 0.3 is 11.8 Å². The minimum Gasteiger partial charge on any atom is -0.480 e. The molecule has 10 heteroatoms. The smallest absolute Gasteiger partial charge is 0.313 e. The highest BCUT2D eigenvalue weighted by Gasteiger charge is 2.32. The molecule has 3 N–H and O–H groups in total. The number of anilines is 1. The Kier molecular flexibility index (Phi) is 5.65. The molecule has 1 saturated heterocycles. The van der Waals surface area contributed by atoms with Crippen LogP contribution in [0.1, 0.15) is 40.5 Å². The average Bonchev–Trinajstić information content (AvgIpc) is 3.22. The molecule has 3 rings (SSSR count). The molecule has 3 amide bonds. The first-order chi connectivity index (χ1) is 13.0. The van der Waals surface area contributed by atoms with Gasteiger partial charge in [0.2, 0.25) is 5.88 Å². The van der Waals surface area contributed by atoms with E-state index in [1.807, 2.05) is 0 Å². The Morgan fingerprint density at radius 2 is 2.15 bits per heavy atom. The molecule has 3 heterocycles. The molecule has 0 aromatic carbocycles. The summed E-state index contributed by atoms with van der Waals surface area (Å²) in [4.78, 5) is 47.2. The van der Waals surface area contributed by atoms with Crippen LogP contribution >= 0.6 is 11.3 Å². The Morgan fingerprint density at radius 3 is 2.81 bits per heavy atom. The highest BCUT2D eigenvalue weighted by atomic mass is 32.1. The molecule has 1 aliphatic rings. The standard InChI is InChI=1S/C17H19N5O4S/c1-26-16-11(14(18)23)6-10(7-20-16)21-15(24)17(25)22-5-3-2-4-12(22)13-8-19-9-27-13/h6-9,12H,2-5H2,1H3,(H2,18,23)(H,21,24)/t12-/m0/s1. The van der Waals surface area contributed by atoms with Crippen molar-refractivity contribution in [1.82, 2.24) is 14.9 Å². The van der Waals surface area contributed by atoms with E-state index in [9.17, 15) is 14.4 Å². The van der Waals surface area contributed by atoms with E-state index >= 15 is 0 Å². The van der Waals surface area contributed by atoms with Crippen LogP contribution in [0.3, 0.4) is 0 Å². The van der Waals surface area contributed by atoms with Crippen LogP contribution in [0.5, 0.6) is 5.88 Å². The van der Waals surface area contributed by atoms with Gasteiger partial charge in [0.05, 0.1) is 30.5 Å². The van der Waals surface area contributed by atoms with Crippen molar-refractivity contribution in [3.05, 3.63) is 34.4 Å². The van der Waals surface area contributed by atoms with Crippen molar-refractivity contribution in [2.45, 2.75) is 25.3 Å². The molecule has 0 radical (unpaired) electrons. The highest BCUT2D eigenvalue weighted by molar-refractivity contribution is 7.09. The fourth-order valence-corrected chi connectivity index (χ4v) is 3.80. The maximum Gasteiger partial charge on any atom is 0.313 e. The molecular weight excluding hydrogens is 370 g/mol. The van der Waals surface area contributed by atoms with Crippen LogP contribution in [0.15, 0.2) is 24.0 Å². The summed E-state index contributed by atoms with van der Waals surface area (Å²) in [5, 5.41) is 2.48. The van der Waals surface area contributed by atoms with E-state index in [0.717, 1.165) is 24.1 Å². The van der Waals surface area contributed by atoms with Crippen molar-refractivity contribution in [1.29, 1.82) is 0 Å². The number of nitrogens with two attached hydrogens (primary N) is 1. The zero-order chi connectivity index (χ0) is 19.4. The summed E-state index contributed by atoms with van der Waals surface area (Å²) >= 11 is 1.46. The van der Waals surface area contributed by atoms with Crippen LogP contribution < -0.4 is 15.8 Å². The molecule has 0 saturated carbocycles. The van der Waals surface area contributed by atoms with Crippen LogP contribution in [0, 0.1) is 0 Å². The van der Waals surface area contributed by atoms with E-state index in [-0.39, 0.29) is 23.2 Å². The number of pyridine rings is 1. The molecule has 0 bridgehead atoms. The van der Waals surface area contributed by atoms with Gasteiger partial charge in [0.1, 0.15) is 5.56 Å². The average molecular weight is 389 g/mol. The summed E-state index contributed by atoms with van der Waals surface area (Å²) in [6.07, 6.45) is 5.64. The second-order valence-electron chi connectivity index (χ2n) is 6.01. The number of carbonyl (C=O) groups is 3. The Labute approximate surface area is 159 Å². The Morgan fingerprint density at radius 1 is 1.33 bits per heavy atom. The largest absolute Gasteiger partial charge is 0.480 e. The Bertz CT molecular complexity index is 855. The minimum absolute atomic E-state index is 0.0169. The molecular formula is C17H19N5O4S. The summed E-state index contributed by atoms with van der Waals surface area (Å²) in [5.74, 6) is -2.13. The number of ether oxygens (including phenoxy) is 1. The van der Waals surface area contributed by atoms with Gasteiger partial charge in [-0.2, -0.15) is 0 Å². The SMILES string of the molecule is COc1ncc(NC(=O)C(=O)N2CCCC[C@H]2c2cncs2)cc1C(N)=O. The number of thiazole rings is 1. The van der Waals surface area contributed by atoms with Crippen molar-refractivity contribution < 1.29 is 19.1 Å². The summed E-state index contributed by atoms with van der Waals surface area (Å²) in [6.45, 7) is 0.502. The maximum atomic E-state index is 12.7. The normalized spacial score (nSPS) is 16.6. The number of aromatic nitrogens is 2. The van der Waals surface area contributed by atoms with E-state index in [1.165, 1.54) is 30.7 Å². The third-order valence-corrected chi connectivity index (χ3v) is 5.18. The molecule has 0 spiro atoms. The third kappa shape index (κ3) is 4.05. The minimum atomic E-state index is -0.797. The van der Waals surface area contributed by atoms with Gasteiger partial charge < -0.3 is 20.7 Å². The number of hydrogen-bond donors (Lipinski definition) is 2. The number of likely N-dealkylation sites (tertiary alicyclic amines) is 1. The number of rotatable bonds is 4. The van der Waals surface area contributed by atoms with Gasteiger partial charge in [0, 0.05) is 17.6 Å². The second-order valence-corrected chi connectivity index (χ2v) is 6.93. The number of nitrogens with zero attached hydrogens (tertiary/aromatic N) is 3. The molecule has 27 heavy (non-hydrogen) atoms. The molecule has 142 valence electrons. The number of piperidine rings is 1. The lowest BCUT2D eigenvalue weighted by molar-refractivity contribution is -0.145. The van der Waals surface area contributed by atoms with E-state index in [0.29, 0.717) is 6.54 Å². The van der Waals surface area contributed by atoms with Gasteiger partial charge in [-0.3, -0.25) is 19.4 Å². The molecule has 2 aromatic rings. The number of amides is 3.